The quantitative estimate of drug-likeness (QED) is 0.845. The number of aromatic nitrogens is 1. The average molecular weight is 298 g/mol. The lowest BCUT2D eigenvalue weighted by molar-refractivity contribution is 0.0528. The van der Waals surface area contributed by atoms with Gasteiger partial charge in [-0.05, 0) is 38.5 Å². The van der Waals surface area contributed by atoms with Gasteiger partial charge in [0.25, 0.3) is 0 Å². The SMILES string of the molecule is CCOC(=O)c1c(N)nsc1N1CC(C)C(N(C)C)C1. The van der Waals surface area contributed by atoms with Crippen LogP contribution in [0.4, 0.5) is 10.8 Å². The molecule has 6 nitrogen and oxygen atoms in total. The molecule has 112 valence electrons. The first-order valence-electron chi connectivity index (χ1n) is 6.79. The van der Waals surface area contributed by atoms with Crippen molar-refractivity contribution in [1.29, 1.82) is 0 Å². The fourth-order valence-corrected chi connectivity index (χ4v) is 3.51. The first-order valence-corrected chi connectivity index (χ1v) is 7.56. The molecule has 2 N–H and O–H groups in total. The molecule has 0 amide bonds. The van der Waals surface area contributed by atoms with E-state index in [1.54, 1.807) is 6.92 Å². The van der Waals surface area contributed by atoms with Gasteiger partial charge in [0.15, 0.2) is 5.82 Å². The van der Waals surface area contributed by atoms with Crippen LogP contribution < -0.4 is 10.6 Å². The van der Waals surface area contributed by atoms with Gasteiger partial charge < -0.3 is 20.3 Å². The summed E-state index contributed by atoms with van der Waals surface area (Å²) in [5, 5.41) is 0.831. The van der Waals surface area contributed by atoms with E-state index in [1.165, 1.54) is 11.5 Å². The Morgan fingerprint density at radius 2 is 2.25 bits per heavy atom. The largest absolute Gasteiger partial charge is 0.462 e. The molecule has 20 heavy (non-hydrogen) atoms. The zero-order valence-electron chi connectivity index (χ0n) is 12.4. The van der Waals surface area contributed by atoms with Crippen molar-refractivity contribution in [3.8, 4) is 0 Å². The molecule has 2 atom stereocenters. The van der Waals surface area contributed by atoms with Crippen LogP contribution in [-0.4, -0.2) is 55.1 Å². The molecule has 0 saturated carbocycles. The van der Waals surface area contributed by atoms with Crippen LogP contribution >= 0.6 is 11.5 Å². The lowest BCUT2D eigenvalue weighted by Crippen LogP contribution is -2.34. The van der Waals surface area contributed by atoms with Crippen LogP contribution in [-0.2, 0) is 4.74 Å². The number of hydrogen-bond acceptors (Lipinski definition) is 7. The molecule has 1 fully saturated rings. The topological polar surface area (TPSA) is 71.7 Å². The van der Waals surface area contributed by atoms with Gasteiger partial charge in [-0.3, -0.25) is 0 Å². The van der Waals surface area contributed by atoms with Crippen molar-refractivity contribution in [1.82, 2.24) is 9.27 Å². The summed E-state index contributed by atoms with van der Waals surface area (Å²) >= 11 is 1.27. The van der Waals surface area contributed by atoms with Gasteiger partial charge in [-0.15, -0.1) is 0 Å². The molecule has 1 aliphatic rings. The predicted octanol–water partition coefficient (Wildman–Crippen LogP) is 1.29. The smallest absolute Gasteiger partial charge is 0.345 e. The number of nitrogens with two attached hydrogens (primary N) is 1. The normalized spacial score (nSPS) is 22.6. The number of hydrogen-bond donors (Lipinski definition) is 1. The van der Waals surface area contributed by atoms with Crippen molar-refractivity contribution in [3.63, 3.8) is 0 Å². The third kappa shape index (κ3) is 2.73. The highest BCUT2D eigenvalue weighted by molar-refractivity contribution is 7.11. The van der Waals surface area contributed by atoms with Gasteiger partial charge in [-0.2, -0.15) is 4.37 Å². The van der Waals surface area contributed by atoms with Crippen LogP contribution in [0.25, 0.3) is 0 Å². The number of esters is 1. The molecule has 1 aromatic heterocycles. The zero-order valence-corrected chi connectivity index (χ0v) is 13.2. The van der Waals surface area contributed by atoms with E-state index in [1.807, 2.05) is 0 Å². The number of rotatable bonds is 4. The summed E-state index contributed by atoms with van der Waals surface area (Å²) < 4.78 is 9.20. The van der Waals surface area contributed by atoms with Crippen LogP contribution in [0.15, 0.2) is 0 Å². The molecule has 0 spiro atoms. The van der Waals surface area contributed by atoms with Crippen molar-refractivity contribution in [2.75, 3.05) is 44.4 Å². The van der Waals surface area contributed by atoms with Gasteiger partial charge in [0.1, 0.15) is 10.6 Å². The van der Waals surface area contributed by atoms with Gasteiger partial charge >= 0.3 is 5.97 Å². The Bertz CT molecular complexity index is 489. The summed E-state index contributed by atoms with van der Waals surface area (Å²) in [6, 6.07) is 0.466. The van der Waals surface area contributed by atoms with E-state index in [-0.39, 0.29) is 11.8 Å². The number of nitrogen functional groups attached to an aromatic ring is 1. The Morgan fingerprint density at radius 3 is 2.80 bits per heavy atom. The van der Waals surface area contributed by atoms with E-state index in [2.05, 4.69) is 35.2 Å². The first kappa shape index (κ1) is 15.1. The van der Waals surface area contributed by atoms with Crippen molar-refractivity contribution in [2.24, 2.45) is 5.92 Å². The summed E-state index contributed by atoms with van der Waals surface area (Å²) in [5.74, 6) is 0.419. The highest BCUT2D eigenvalue weighted by atomic mass is 32.1. The van der Waals surface area contributed by atoms with Crippen LogP contribution in [0.3, 0.4) is 0 Å². The van der Waals surface area contributed by atoms with Crippen LogP contribution in [0.1, 0.15) is 24.2 Å². The molecule has 1 aliphatic heterocycles. The standard InChI is InChI=1S/C13H22N4O2S/c1-5-19-13(18)10-11(14)15-20-12(10)17-6-8(2)9(7-17)16(3)4/h8-9H,5-7H2,1-4H3,(H2,14,15). The monoisotopic (exact) mass is 298 g/mol. The molecule has 0 aliphatic carbocycles. The molecule has 2 heterocycles. The van der Waals surface area contributed by atoms with E-state index < -0.39 is 0 Å². The zero-order chi connectivity index (χ0) is 14.9. The molecule has 0 radical (unpaired) electrons. The molecule has 7 heteroatoms. The number of likely N-dealkylation sites (N-methyl/N-ethyl adjacent to an activating group) is 1. The van der Waals surface area contributed by atoms with Crippen LogP contribution in [0.5, 0.6) is 0 Å². The second-order valence-electron chi connectivity index (χ2n) is 5.38. The van der Waals surface area contributed by atoms with Crippen LogP contribution in [0, 0.1) is 5.92 Å². The van der Waals surface area contributed by atoms with Crippen molar-refractivity contribution >= 4 is 28.3 Å². The highest BCUT2D eigenvalue weighted by Crippen LogP contribution is 2.35. The predicted molar refractivity (Wildman–Crippen MR) is 81.3 cm³/mol. The average Bonchev–Trinajstić information content (AvgIpc) is 2.92. The number of nitrogens with zero attached hydrogens (tertiary/aromatic N) is 3. The number of carbonyl (C=O) groups is 1. The van der Waals surface area contributed by atoms with Gasteiger partial charge in [-0.1, -0.05) is 6.92 Å². The van der Waals surface area contributed by atoms with Crippen molar-refractivity contribution < 1.29 is 9.53 Å². The lowest BCUT2D eigenvalue weighted by Gasteiger charge is -2.22. The van der Waals surface area contributed by atoms with E-state index >= 15 is 0 Å². The Kier molecular flexibility index (Phi) is 4.49. The molecule has 1 aromatic rings. The fraction of sp³-hybridized carbons (Fsp3) is 0.692. The lowest BCUT2D eigenvalue weighted by atomic mass is 10.1. The van der Waals surface area contributed by atoms with Crippen molar-refractivity contribution in [2.45, 2.75) is 19.9 Å². The van der Waals surface area contributed by atoms with Gasteiger partial charge in [0.05, 0.1) is 6.61 Å². The number of ether oxygens (including phenoxy) is 1. The summed E-state index contributed by atoms with van der Waals surface area (Å²) in [4.78, 5) is 16.4. The maximum Gasteiger partial charge on any atom is 0.345 e. The molecule has 0 aromatic carbocycles. The maximum atomic E-state index is 12.0. The third-order valence-corrected chi connectivity index (χ3v) is 4.63. The molecular formula is C13H22N4O2S. The van der Waals surface area contributed by atoms with Gasteiger partial charge in [0.2, 0.25) is 0 Å². The third-order valence-electron chi connectivity index (χ3n) is 3.70. The van der Waals surface area contributed by atoms with Gasteiger partial charge in [-0.25, -0.2) is 4.79 Å². The van der Waals surface area contributed by atoms with Gasteiger partial charge in [0, 0.05) is 19.1 Å². The fourth-order valence-electron chi connectivity index (χ4n) is 2.69. The number of carbonyl (C=O) groups excluding carboxylic acids is 1. The summed E-state index contributed by atoms with van der Waals surface area (Å²) in [6.07, 6.45) is 0. The minimum atomic E-state index is -0.380. The van der Waals surface area contributed by atoms with E-state index in [0.717, 1.165) is 18.1 Å². The minimum Gasteiger partial charge on any atom is -0.462 e. The minimum absolute atomic E-state index is 0.268. The second-order valence-corrected chi connectivity index (χ2v) is 6.13. The van der Waals surface area contributed by atoms with Crippen molar-refractivity contribution in [3.05, 3.63) is 5.56 Å². The van der Waals surface area contributed by atoms with Crippen LogP contribution in [0.2, 0.25) is 0 Å². The molecule has 0 bridgehead atoms. The van der Waals surface area contributed by atoms with E-state index in [4.69, 9.17) is 10.5 Å². The molecule has 1 saturated heterocycles. The highest BCUT2D eigenvalue weighted by Gasteiger charge is 2.35. The van der Waals surface area contributed by atoms with E-state index in [0.29, 0.717) is 24.1 Å². The second kappa shape index (κ2) is 5.97. The summed E-state index contributed by atoms with van der Waals surface area (Å²) in [5.41, 5.74) is 6.25. The first-order chi connectivity index (χ1) is 9.45. The Morgan fingerprint density at radius 1 is 1.55 bits per heavy atom. The summed E-state index contributed by atoms with van der Waals surface area (Å²) in [7, 11) is 4.16. The Hall–Kier alpha value is -1.34. The maximum absolute atomic E-state index is 12.0. The molecular weight excluding hydrogens is 276 g/mol. The molecule has 2 rings (SSSR count). The number of anilines is 2. The molecule has 2 unspecified atom stereocenters. The van der Waals surface area contributed by atoms with E-state index in [9.17, 15) is 4.79 Å². The Balaban J connectivity index is 2.24. The summed E-state index contributed by atoms with van der Waals surface area (Å²) in [6.45, 7) is 6.12. The Labute approximate surface area is 123 Å².